The number of imidazole rings is 1. The van der Waals surface area contributed by atoms with E-state index in [9.17, 15) is 4.79 Å². The molecule has 5 aromatic rings. The van der Waals surface area contributed by atoms with Gasteiger partial charge in [-0.15, -0.1) is 0 Å². The molecule has 36 heavy (non-hydrogen) atoms. The number of fused-ring (bicyclic) bond motifs is 2. The Labute approximate surface area is 208 Å². The van der Waals surface area contributed by atoms with E-state index in [0.29, 0.717) is 11.6 Å². The number of carbonyl (C=O) groups excluding carboxylic acids is 1. The first kappa shape index (κ1) is 22.2. The number of nitrogens with zero attached hydrogens (tertiary/aromatic N) is 5. The van der Waals surface area contributed by atoms with E-state index < -0.39 is 0 Å². The number of anilines is 1. The molecular formula is C28H27N7O. The Morgan fingerprint density at radius 3 is 2.56 bits per heavy atom. The van der Waals surface area contributed by atoms with E-state index >= 15 is 0 Å². The summed E-state index contributed by atoms with van der Waals surface area (Å²) in [5.41, 5.74) is 10.9. The molecule has 1 fully saturated rings. The molecule has 0 unspecified atom stereocenters. The van der Waals surface area contributed by atoms with Crippen molar-refractivity contribution in [2.75, 3.05) is 12.8 Å². The fourth-order valence-electron chi connectivity index (χ4n) is 5.28. The molecular weight excluding hydrogens is 450 g/mol. The van der Waals surface area contributed by atoms with Crippen LogP contribution in [0.1, 0.15) is 37.4 Å². The third-order valence-corrected chi connectivity index (χ3v) is 7.20. The highest BCUT2D eigenvalue weighted by molar-refractivity contribution is 5.88. The lowest BCUT2D eigenvalue weighted by molar-refractivity contribution is -0.125. The fraction of sp³-hybridized carbons (Fsp3) is 0.250. The van der Waals surface area contributed by atoms with Crippen LogP contribution < -0.4 is 11.1 Å². The van der Waals surface area contributed by atoms with Crippen LogP contribution in [0.25, 0.3) is 39.1 Å². The predicted octanol–water partition coefficient (Wildman–Crippen LogP) is 4.61. The third kappa shape index (κ3) is 3.84. The average Bonchev–Trinajstić information content (AvgIpc) is 3.33. The van der Waals surface area contributed by atoms with E-state index in [0.717, 1.165) is 64.7 Å². The number of nitrogens with one attached hydrogen (secondary N) is 1. The first-order valence-corrected chi connectivity index (χ1v) is 12.3. The highest BCUT2D eigenvalue weighted by Gasteiger charge is 2.30. The lowest BCUT2D eigenvalue weighted by Crippen LogP contribution is -2.30. The molecule has 0 spiro atoms. The Balaban J connectivity index is 1.42. The average molecular weight is 478 g/mol. The standard InChI is InChI=1S/C28H27N7O/c1-30-28(36)19-9-7-18(8-10-19)27-34-25(23-15-31-16-24(29)35(23)27)20-11-12-21-14-32-26(33-22(21)13-20)17-5-3-2-4-6-17/h2-6,11-16,18-19H,7-10,29H2,1H3,(H,30,36). The molecule has 0 bridgehead atoms. The van der Waals surface area contributed by atoms with Crippen molar-refractivity contribution in [1.82, 2.24) is 29.7 Å². The molecule has 2 aromatic carbocycles. The zero-order valence-corrected chi connectivity index (χ0v) is 20.1. The predicted molar refractivity (Wildman–Crippen MR) is 140 cm³/mol. The minimum atomic E-state index is 0.0648. The van der Waals surface area contributed by atoms with Crippen LogP contribution in [0.4, 0.5) is 5.82 Å². The summed E-state index contributed by atoms with van der Waals surface area (Å²) in [7, 11) is 1.70. The van der Waals surface area contributed by atoms with E-state index in [1.54, 1.807) is 13.2 Å². The number of nitrogen functional groups attached to an aromatic ring is 1. The highest BCUT2D eigenvalue weighted by Crippen LogP contribution is 2.38. The van der Waals surface area contributed by atoms with Crippen molar-refractivity contribution in [3.8, 4) is 22.6 Å². The van der Waals surface area contributed by atoms with Crippen molar-refractivity contribution in [2.45, 2.75) is 31.6 Å². The summed E-state index contributed by atoms with van der Waals surface area (Å²) in [6.07, 6.45) is 8.81. The number of benzene rings is 2. The van der Waals surface area contributed by atoms with Gasteiger partial charge in [0.05, 0.1) is 29.1 Å². The van der Waals surface area contributed by atoms with Gasteiger partial charge < -0.3 is 11.1 Å². The zero-order valence-electron chi connectivity index (χ0n) is 20.1. The molecule has 1 amide bonds. The van der Waals surface area contributed by atoms with Crippen LogP contribution in [-0.4, -0.2) is 37.3 Å². The number of rotatable bonds is 4. The number of hydrogen-bond acceptors (Lipinski definition) is 6. The quantitative estimate of drug-likeness (QED) is 0.391. The fourth-order valence-corrected chi connectivity index (χ4v) is 5.28. The second kappa shape index (κ2) is 9.03. The molecule has 0 atom stereocenters. The highest BCUT2D eigenvalue weighted by atomic mass is 16.1. The van der Waals surface area contributed by atoms with E-state index in [-0.39, 0.29) is 17.7 Å². The van der Waals surface area contributed by atoms with Gasteiger partial charge in [0, 0.05) is 41.6 Å². The molecule has 0 radical (unpaired) electrons. The van der Waals surface area contributed by atoms with Crippen LogP contribution in [0.2, 0.25) is 0 Å². The normalized spacial score (nSPS) is 17.9. The topological polar surface area (TPSA) is 111 Å². The van der Waals surface area contributed by atoms with E-state index in [1.807, 2.05) is 59.3 Å². The Kier molecular flexibility index (Phi) is 5.56. The van der Waals surface area contributed by atoms with E-state index in [2.05, 4.69) is 21.4 Å². The van der Waals surface area contributed by atoms with Gasteiger partial charge in [-0.3, -0.25) is 14.2 Å². The maximum atomic E-state index is 12.1. The van der Waals surface area contributed by atoms with Crippen molar-refractivity contribution in [3.05, 3.63) is 72.9 Å². The lowest BCUT2D eigenvalue weighted by Gasteiger charge is -2.26. The second-order valence-corrected chi connectivity index (χ2v) is 9.37. The largest absolute Gasteiger partial charge is 0.383 e. The molecule has 6 rings (SSSR count). The molecule has 0 aliphatic heterocycles. The summed E-state index contributed by atoms with van der Waals surface area (Å²) in [5, 5.41) is 3.75. The summed E-state index contributed by atoms with van der Waals surface area (Å²) >= 11 is 0. The third-order valence-electron chi connectivity index (χ3n) is 7.20. The van der Waals surface area contributed by atoms with Gasteiger partial charge in [0.2, 0.25) is 5.91 Å². The summed E-state index contributed by atoms with van der Waals surface area (Å²) in [5.74, 6) is 2.60. The van der Waals surface area contributed by atoms with Crippen LogP contribution in [0.5, 0.6) is 0 Å². The summed E-state index contributed by atoms with van der Waals surface area (Å²) < 4.78 is 2.02. The van der Waals surface area contributed by atoms with Crippen LogP contribution >= 0.6 is 0 Å². The Hall–Kier alpha value is -4.33. The summed E-state index contributed by atoms with van der Waals surface area (Å²) in [6, 6.07) is 16.1. The van der Waals surface area contributed by atoms with Gasteiger partial charge in [-0.05, 0) is 31.7 Å². The van der Waals surface area contributed by atoms with Crippen LogP contribution in [0.3, 0.4) is 0 Å². The van der Waals surface area contributed by atoms with Crippen molar-refractivity contribution in [3.63, 3.8) is 0 Å². The smallest absolute Gasteiger partial charge is 0.222 e. The summed E-state index contributed by atoms with van der Waals surface area (Å²) in [4.78, 5) is 31.0. The number of nitrogens with two attached hydrogens (primary N) is 1. The first-order valence-electron chi connectivity index (χ1n) is 12.3. The van der Waals surface area contributed by atoms with Crippen LogP contribution in [0.15, 0.2) is 67.1 Å². The molecule has 8 heteroatoms. The molecule has 3 N–H and O–H groups in total. The number of hydrogen-bond donors (Lipinski definition) is 2. The Bertz CT molecular complexity index is 1570. The Morgan fingerprint density at radius 2 is 1.78 bits per heavy atom. The van der Waals surface area contributed by atoms with Gasteiger partial charge in [0.25, 0.3) is 0 Å². The van der Waals surface area contributed by atoms with E-state index in [4.69, 9.17) is 15.7 Å². The van der Waals surface area contributed by atoms with Gasteiger partial charge in [0.1, 0.15) is 11.6 Å². The lowest BCUT2D eigenvalue weighted by atomic mass is 9.81. The van der Waals surface area contributed by atoms with Crippen molar-refractivity contribution >= 4 is 28.1 Å². The summed E-state index contributed by atoms with van der Waals surface area (Å²) in [6.45, 7) is 0. The SMILES string of the molecule is CNC(=O)C1CCC(c2nc(-c3ccc4cnc(-c5ccccc5)nc4c3)c3cncc(N)n23)CC1. The molecule has 3 heterocycles. The van der Waals surface area contributed by atoms with Gasteiger partial charge in [-0.1, -0.05) is 42.5 Å². The van der Waals surface area contributed by atoms with Crippen molar-refractivity contribution in [2.24, 2.45) is 5.92 Å². The van der Waals surface area contributed by atoms with Gasteiger partial charge in [-0.2, -0.15) is 0 Å². The monoisotopic (exact) mass is 477 g/mol. The molecule has 1 saturated carbocycles. The number of carbonyl (C=O) groups is 1. The molecule has 3 aromatic heterocycles. The van der Waals surface area contributed by atoms with Crippen LogP contribution in [-0.2, 0) is 4.79 Å². The van der Waals surface area contributed by atoms with Crippen molar-refractivity contribution < 1.29 is 4.79 Å². The first-order chi connectivity index (χ1) is 17.6. The number of aromatic nitrogens is 5. The molecule has 1 aliphatic carbocycles. The molecule has 180 valence electrons. The van der Waals surface area contributed by atoms with Gasteiger partial charge in [-0.25, -0.2) is 15.0 Å². The molecule has 1 aliphatic rings. The molecule has 8 nitrogen and oxygen atoms in total. The minimum Gasteiger partial charge on any atom is -0.383 e. The number of amides is 1. The van der Waals surface area contributed by atoms with E-state index in [1.165, 1.54) is 0 Å². The minimum absolute atomic E-state index is 0.0648. The maximum absolute atomic E-state index is 12.1. The van der Waals surface area contributed by atoms with Gasteiger partial charge in [0.15, 0.2) is 5.82 Å². The van der Waals surface area contributed by atoms with Gasteiger partial charge >= 0.3 is 0 Å². The maximum Gasteiger partial charge on any atom is 0.222 e. The van der Waals surface area contributed by atoms with Crippen molar-refractivity contribution in [1.29, 1.82) is 0 Å². The Morgan fingerprint density at radius 1 is 0.972 bits per heavy atom. The zero-order chi connectivity index (χ0) is 24.6. The second-order valence-electron chi connectivity index (χ2n) is 9.37. The van der Waals surface area contributed by atoms with Crippen LogP contribution in [0, 0.1) is 5.92 Å². The molecule has 0 saturated heterocycles.